The smallest absolute Gasteiger partial charge is 0.123 e. The Hall–Kier alpha value is -3.28. The Morgan fingerprint density at radius 1 is 0.923 bits per heavy atom. The molecule has 1 heterocycles. The normalized spacial score (nSPS) is 11.8. The topological polar surface area (TPSA) is 73.6 Å². The van der Waals surface area contributed by atoms with E-state index in [2.05, 4.69) is 12.1 Å². The van der Waals surface area contributed by atoms with Crippen molar-refractivity contribution in [3.8, 4) is 34.4 Å². The van der Waals surface area contributed by atoms with E-state index in [4.69, 9.17) is 5.73 Å². The van der Waals surface area contributed by atoms with Gasteiger partial charge in [0.25, 0.3) is 0 Å². The first-order chi connectivity index (χ1) is 12.7. The Kier molecular flexibility index (Phi) is 3.88. The summed E-state index contributed by atoms with van der Waals surface area (Å²) in [5.74, 6) is 0.269. The van der Waals surface area contributed by atoms with Gasteiger partial charge in [0.15, 0.2) is 0 Å². The number of nitrogens with two attached hydrogens (primary N) is 1. The number of benzene rings is 3. The highest BCUT2D eigenvalue weighted by Gasteiger charge is 2.28. The van der Waals surface area contributed by atoms with E-state index in [1.807, 2.05) is 24.3 Å². The molecule has 0 atom stereocenters. The van der Waals surface area contributed by atoms with Crippen LogP contribution in [0.1, 0.15) is 16.7 Å². The van der Waals surface area contributed by atoms with E-state index in [-0.39, 0.29) is 17.1 Å². The van der Waals surface area contributed by atoms with Gasteiger partial charge >= 0.3 is 0 Å². The van der Waals surface area contributed by atoms with Crippen LogP contribution in [0.25, 0.3) is 22.3 Å². The molecule has 2 N–H and O–H groups in total. The van der Waals surface area contributed by atoms with E-state index in [0.717, 1.165) is 27.1 Å². The summed E-state index contributed by atoms with van der Waals surface area (Å²) < 4.78 is 13.4. The molecule has 26 heavy (non-hydrogen) atoms. The van der Waals surface area contributed by atoms with Crippen LogP contribution in [0.4, 0.5) is 10.1 Å². The second kappa shape index (κ2) is 6.22. The zero-order valence-corrected chi connectivity index (χ0v) is 14.4. The summed E-state index contributed by atoms with van der Waals surface area (Å²) in [4.78, 5) is 1.07. The molecule has 1 aliphatic rings. The molecule has 0 amide bonds. The van der Waals surface area contributed by atoms with Crippen LogP contribution in [0.3, 0.4) is 0 Å². The van der Waals surface area contributed by atoms with Crippen LogP contribution < -0.4 is 5.73 Å². The molecular formula is C21H12FN3S. The van der Waals surface area contributed by atoms with E-state index >= 15 is 0 Å². The summed E-state index contributed by atoms with van der Waals surface area (Å²) in [6, 6.07) is 18.2. The zero-order chi connectivity index (χ0) is 18.3. The summed E-state index contributed by atoms with van der Waals surface area (Å²) in [7, 11) is 0. The van der Waals surface area contributed by atoms with Gasteiger partial charge in [0, 0.05) is 21.8 Å². The van der Waals surface area contributed by atoms with Crippen LogP contribution in [-0.4, -0.2) is 0 Å². The van der Waals surface area contributed by atoms with E-state index in [1.165, 1.54) is 12.1 Å². The van der Waals surface area contributed by atoms with Gasteiger partial charge in [-0.15, -0.1) is 11.8 Å². The molecule has 0 spiro atoms. The number of hydrogen-bond acceptors (Lipinski definition) is 4. The Morgan fingerprint density at radius 2 is 1.58 bits per heavy atom. The third-order valence-electron chi connectivity index (χ3n) is 4.53. The van der Waals surface area contributed by atoms with E-state index in [1.54, 1.807) is 23.9 Å². The van der Waals surface area contributed by atoms with Crippen LogP contribution in [-0.2, 0) is 5.75 Å². The van der Waals surface area contributed by atoms with Gasteiger partial charge in [-0.25, -0.2) is 4.39 Å². The van der Waals surface area contributed by atoms with Crippen molar-refractivity contribution in [1.82, 2.24) is 0 Å². The number of hydrogen-bond donors (Lipinski definition) is 1. The number of thioether (sulfide) groups is 1. The molecule has 0 radical (unpaired) electrons. The summed E-state index contributed by atoms with van der Waals surface area (Å²) >= 11 is 1.65. The fourth-order valence-electron chi connectivity index (χ4n) is 3.38. The number of nitriles is 2. The zero-order valence-electron chi connectivity index (χ0n) is 13.6. The maximum absolute atomic E-state index is 13.4. The number of anilines is 1. The van der Waals surface area contributed by atoms with Gasteiger partial charge in [-0.3, -0.25) is 0 Å². The van der Waals surface area contributed by atoms with Crippen molar-refractivity contribution < 1.29 is 4.39 Å². The number of halogens is 1. The van der Waals surface area contributed by atoms with Crippen LogP contribution in [0.2, 0.25) is 0 Å². The maximum atomic E-state index is 13.4. The largest absolute Gasteiger partial charge is 0.397 e. The van der Waals surface area contributed by atoms with Crippen molar-refractivity contribution in [1.29, 1.82) is 10.5 Å². The van der Waals surface area contributed by atoms with Gasteiger partial charge in [0.1, 0.15) is 18.0 Å². The number of nitrogens with zero attached hydrogens (tertiary/aromatic N) is 2. The van der Waals surface area contributed by atoms with Gasteiger partial charge < -0.3 is 5.73 Å². The molecule has 0 aromatic heterocycles. The van der Waals surface area contributed by atoms with Crippen molar-refractivity contribution in [2.75, 3.05) is 5.73 Å². The molecule has 3 nitrogen and oxygen atoms in total. The van der Waals surface area contributed by atoms with Crippen LogP contribution in [0.5, 0.6) is 0 Å². The van der Waals surface area contributed by atoms with Gasteiger partial charge in [-0.05, 0) is 34.9 Å². The quantitative estimate of drug-likeness (QED) is 0.616. The third kappa shape index (κ3) is 2.34. The Morgan fingerprint density at radius 3 is 2.27 bits per heavy atom. The molecule has 1 aliphatic heterocycles. The van der Waals surface area contributed by atoms with Gasteiger partial charge in [-0.1, -0.05) is 30.3 Å². The Bertz CT molecular complexity index is 1120. The fourth-order valence-corrected chi connectivity index (χ4v) is 4.47. The summed E-state index contributed by atoms with van der Waals surface area (Å²) in [6.45, 7) is 0. The van der Waals surface area contributed by atoms with Gasteiger partial charge in [0.05, 0.1) is 16.8 Å². The summed E-state index contributed by atoms with van der Waals surface area (Å²) in [5, 5.41) is 19.4. The summed E-state index contributed by atoms with van der Waals surface area (Å²) in [6.07, 6.45) is 0. The monoisotopic (exact) mass is 357 g/mol. The first kappa shape index (κ1) is 16.2. The van der Waals surface area contributed by atoms with Crippen molar-refractivity contribution in [3.05, 3.63) is 71.0 Å². The Balaban J connectivity index is 2.15. The molecule has 124 valence electrons. The lowest BCUT2D eigenvalue weighted by molar-refractivity contribution is 0.628. The molecule has 3 aromatic carbocycles. The molecule has 0 aliphatic carbocycles. The van der Waals surface area contributed by atoms with Crippen molar-refractivity contribution in [3.63, 3.8) is 0 Å². The SMILES string of the molecule is N#Cc1c(N)c(C#N)c2c(c1-c1ccc(F)cc1)CSc1ccccc1-2. The first-order valence-corrected chi connectivity index (χ1v) is 8.91. The minimum atomic E-state index is -0.345. The summed E-state index contributed by atoms with van der Waals surface area (Å²) in [5.41, 5.74) is 11.0. The number of rotatable bonds is 1. The number of fused-ring (bicyclic) bond motifs is 3. The van der Waals surface area contributed by atoms with Crippen LogP contribution in [0, 0.1) is 28.5 Å². The molecule has 5 heteroatoms. The predicted molar refractivity (Wildman–Crippen MR) is 101 cm³/mol. The maximum Gasteiger partial charge on any atom is 0.123 e. The fraction of sp³-hybridized carbons (Fsp3) is 0.0476. The molecule has 0 unspecified atom stereocenters. The van der Waals surface area contributed by atoms with Crippen molar-refractivity contribution >= 4 is 17.4 Å². The number of nitrogen functional groups attached to an aromatic ring is 1. The molecule has 0 fully saturated rings. The highest BCUT2D eigenvalue weighted by atomic mass is 32.2. The first-order valence-electron chi connectivity index (χ1n) is 7.92. The molecule has 0 bridgehead atoms. The average Bonchev–Trinajstić information content (AvgIpc) is 2.67. The van der Waals surface area contributed by atoms with Gasteiger partial charge in [-0.2, -0.15) is 10.5 Å². The minimum absolute atomic E-state index is 0.176. The van der Waals surface area contributed by atoms with E-state index < -0.39 is 0 Å². The van der Waals surface area contributed by atoms with Crippen LogP contribution in [0.15, 0.2) is 53.4 Å². The lowest BCUT2D eigenvalue weighted by Gasteiger charge is -2.25. The molecule has 3 aromatic rings. The second-order valence-electron chi connectivity index (χ2n) is 5.91. The lowest BCUT2D eigenvalue weighted by atomic mass is 9.84. The van der Waals surface area contributed by atoms with E-state index in [0.29, 0.717) is 16.9 Å². The molecular weight excluding hydrogens is 345 g/mol. The highest BCUT2D eigenvalue weighted by molar-refractivity contribution is 7.98. The second-order valence-corrected chi connectivity index (χ2v) is 6.92. The molecule has 0 saturated carbocycles. The minimum Gasteiger partial charge on any atom is -0.397 e. The van der Waals surface area contributed by atoms with Crippen molar-refractivity contribution in [2.45, 2.75) is 10.6 Å². The average molecular weight is 357 g/mol. The highest BCUT2D eigenvalue weighted by Crippen LogP contribution is 2.49. The standard InChI is InChI=1S/C21H12FN3S/c22-13-7-5-12(6-8-13)19-15(9-23)21(25)16(10-24)20-14-3-1-2-4-18(14)26-11-17(19)20/h1-8H,11,25H2. The van der Waals surface area contributed by atoms with Crippen molar-refractivity contribution in [2.24, 2.45) is 0 Å². The molecule has 0 saturated heterocycles. The van der Waals surface area contributed by atoms with Crippen LogP contribution >= 0.6 is 11.8 Å². The lowest BCUT2D eigenvalue weighted by Crippen LogP contribution is -2.08. The van der Waals surface area contributed by atoms with E-state index in [9.17, 15) is 14.9 Å². The molecule has 4 rings (SSSR count). The predicted octanol–water partition coefficient (Wildman–Crippen LogP) is 5.09. The third-order valence-corrected chi connectivity index (χ3v) is 5.63. The Labute approximate surface area is 154 Å². The van der Waals surface area contributed by atoms with Gasteiger partial charge in [0.2, 0.25) is 0 Å².